The van der Waals surface area contributed by atoms with Crippen LogP contribution in [0.15, 0.2) is 76.2 Å². The highest BCUT2D eigenvalue weighted by molar-refractivity contribution is 9.10. The maximum atomic E-state index is 13.3. The summed E-state index contributed by atoms with van der Waals surface area (Å²) in [5.41, 5.74) is 4.64. The summed E-state index contributed by atoms with van der Waals surface area (Å²) in [6.07, 6.45) is 0.851. The number of nitrogens with one attached hydrogen (secondary N) is 1. The molecular weight excluding hydrogens is 620 g/mol. The maximum absolute atomic E-state index is 13.3. The number of hydrogen-bond acceptors (Lipinski definition) is 6. The second kappa shape index (κ2) is 13.6. The van der Waals surface area contributed by atoms with Crippen molar-refractivity contribution in [3.8, 4) is 0 Å². The van der Waals surface area contributed by atoms with E-state index in [1.165, 1.54) is 4.31 Å². The van der Waals surface area contributed by atoms with E-state index in [2.05, 4.69) is 21.2 Å². The van der Waals surface area contributed by atoms with Gasteiger partial charge in [0.2, 0.25) is 15.9 Å². The summed E-state index contributed by atoms with van der Waals surface area (Å²) in [7, 11) is 0.297. The van der Waals surface area contributed by atoms with E-state index in [0.717, 1.165) is 15.6 Å². The molecular formula is C31H35BrN4O5S. The third kappa shape index (κ3) is 7.64. The summed E-state index contributed by atoms with van der Waals surface area (Å²) >= 11 is 3.46. The minimum absolute atomic E-state index is 0.0105. The molecule has 0 fully saturated rings. The van der Waals surface area contributed by atoms with Gasteiger partial charge in [-0.25, -0.2) is 8.42 Å². The SMILES string of the molecule is CCCS(=O)(=O)N(CCN(C)C)c1ccc(N=C(c2cccc(CCC(=O)O)c2)C2C(=O)Nc3cc(Br)ccc32)cc1. The Morgan fingerprint density at radius 1 is 1.05 bits per heavy atom. The van der Waals surface area contributed by atoms with Gasteiger partial charge in [-0.15, -0.1) is 0 Å². The van der Waals surface area contributed by atoms with Crippen LogP contribution in [-0.4, -0.2) is 69.0 Å². The molecule has 0 spiro atoms. The van der Waals surface area contributed by atoms with Crippen LogP contribution in [0.5, 0.6) is 0 Å². The van der Waals surface area contributed by atoms with Crippen LogP contribution in [0.1, 0.15) is 42.4 Å². The van der Waals surface area contributed by atoms with Gasteiger partial charge in [0.05, 0.1) is 22.8 Å². The molecule has 0 bridgehead atoms. The highest BCUT2D eigenvalue weighted by Crippen LogP contribution is 2.38. The molecule has 42 heavy (non-hydrogen) atoms. The number of amides is 1. The van der Waals surface area contributed by atoms with Gasteiger partial charge >= 0.3 is 5.97 Å². The summed E-state index contributed by atoms with van der Waals surface area (Å²) in [4.78, 5) is 31.4. The summed E-state index contributed by atoms with van der Waals surface area (Å²) in [5.74, 6) is -1.74. The molecule has 3 aromatic rings. The van der Waals surface area contributed by atoms with Crippen molar-refractivity contribution in [1.29, 1.82) is 0 Å². The second-order valence-corrected chi connectivity index (χ2v) is 13.4. The molecule has 0 saturated carbocycles. The van der Waals surface area contributed by atoms with Crippen molar-refractivity contribution >= 4 is 60.6 Å². The van der Waals surface area contributed by atoms with E-state index in [9.17, 15) is 18.0 Å². The van der Waals surface area contributed by atoms with Gasteiger partial charge in [-0.05, 0) is 86.1 Å². The van der Waals surface area contributed by atoms with E-state index >= 15 is 0 Å². The molecule has 0 saturated heterocycles. The molecule has 9 nitrogen and oxygen atoms in total. The van der Waals surface area contributed by atoms with E-state index < -0.39 is 21.9 Å². The molecule has 4 rings (SSSR count). The number of halogens is 1. The monoisotopic (exact) mass is 654 g/mol. The first kappa shape index (κ1) is 31.4. The molecule has 2 N–H and O–H groups in total. The first-order chi connectivity index (χ1) is 20.0. The Morgan fingerprint density at radius 3 is 2.45 bits per heavy atom. The first-order valence-electron chi connectivity index (χ1n) is 13.7. The van der Waals surface area contributed by atoms with Gasteiger partial charge in [-0.3, -0.25) is 18.9 Å². The van der Waals surface area contributed by atoms with Gasteiger partial charge in [0.25, 0.3) is 0 Å². The Morgan fingerprint density at radius 2 is 1.79 bits per heavy atom. The topological polar surface area (TPSA) is 119 Å². The van der Waals surface area contributed by atoms with Crippen molar-refractivity contribution in [2.45, 2.75) is 32.1 Å². The van der Waals surface area contributed by atoms with Crippen LogP contribution in [0, 0.1) is 0 Å². The van der Waals surface area contributed by atoms with E-state index in [0.29, 0.717) is 54.3 Å². The quantitative estimate of drug-likeness (QED) is 0.237. The molecule has 3 aromatic carbocycles. The van der Waals surface area contributed by atoms with Gasteiger partial charge in [-0.2, -0.15) is 0 Å². The van der Waals surface area contributed by atoms with Crippen molar-refractivity contribution in [2.75, 3.05) is 42.6 Å². The Hall–Kier alpha value is -3.54. The number of aryl methyl sites for hydroxylation is 1. The molecule has 11 heteroatoms. The number of hydrogen-bond donors (Lipinski definition) is 2. The number of rotatable bonds is 13. The number of fused-ring (bicyclic) bond motifs is 1. The predicted molar refractivity (Wildman–Crippen MR) is 171 cm³/mol. The third-order valence-corrected chi connectivity index (χ3v) is 9.39. The predicted octanol–water partition coefficient (Wildman–Crippen LogP) is 5.43. The highest BCUT2D eigenvalue weighted by Gasteiger charge is 2.35. The Bertz CT molecular complexity index is 1590. The number of carbonyl (C=O) groups excluding carboxylic acids is 1. The number of carbonyl (C=O) groups is 2. The minimum atomic E-state index is -3.50. The fourth-order valence-corrected chi connectivity index (χ4v) is 6.76. The van der Waals surface area contributed by atoms with E-state index in [4.69, 9.17) is 10.1 Å². The number of aliphatic imine (C=N–C) groups is 1. The normalized spacial score (nSPS) is 15.0. The Labute approximate surface area is 255 Å². The standard InChI is InChI=1S/C31H35BrN4O5S/c1-4-18-42(40,41)36(17-16-35(2)3)25-12-10-24(11-13-25)33-30(22-7-5-6-21(19-22)8-15-28(37)38)29-26-14-9-23(32)20-27(26)34-31(29)39/h5-7,9-14,19-20,29H,4,8,15-18H2,1-3H3,(H,34,39)(H,37,38). The molecule has 1 unspecified atom stereocenters. The summed E-state index contributed by atoms with van der Waals surface area (Å²) < 4.78 is 28.4. The number of likely N-dealkylation sites (N-methyl/N-ethyl adjacent to an activating group) is 1. The minimum Gasteiger partial charge on any atom is -0.481 e. The number of carboxylic acids is 1. The molecule has 1 aliphatic heterocycles. The van der Waals surface area contributed by atoms with Gasteiger partial charge in [-0.1, -0.05) is 47.1 Å². The molecule has 1 amide bonds. The Kier molecular flexibility index (Phi) is 10.2. The lowest BCUT2D eigenvalue weighted by molar-refractivity contribution is -0.137. The average Bonchev–Trinajstić information content (AvgIpc) is 3.25. The van der Waals surface area contributed by atoms with E-state index in [-0.39, 0.29) is 18.1 Å². The largest absolute Gasteiger partial charge is 0.481 e. The van der Waals surface area contributed by atoms with Crippen LogP contribution in [-0.2, 0) is 26.0 Å². The lowest BCUT2D eigenvalue weighted by Gasteiger charge is -2.26. The van der Waals surface area contributed by atoms with Crippen molar-refractivity contribution in [2.24, 2.45) is 4.99 Å². The summed E-state index contributed by atoms with van der Waals surface area (Å²) in [5, 5.41) is 12.1. The van der Waals surface area contributed by atoms with Crippen molar-refractivity contribution < 1.29 is 23.1 Å². The van der Waals surface area contributed by atoms with Crippen molar-refractivity contribution in [3.63, 3.8) is 0 Å². The van der Waals surface area contributed by atoms with Crippen LogP contribution in [0.2, 0.25) is 0 Å². The highest BCUT2D eigenvalue weighted by atomic mass is 79.9. The molecule has 0 aromatic heterocycles. The number of sulfonamides is 1. The molecule has 222 valence electrons. The van der Waals surface area contributed by atoms with Gasteiger partial charge in [0.1, 0.15) is 5.92 Å². The zero-order valence-electron chi connectivity index (χ0n) is 23.9. The van der Waals surface area contributed by atoms with Crippen LogP contribution < -0.4 is 9.62 Å². The number of anilines is 2. The van der Waals surface area contributed by atoms with Crippen LogP contribution in [0.25, 0.3) is 0 Å². The maximum Gasteiger partial charge on any atom is 0.303 e. The first-order valence-corrected chi connectivity index (χ1v) is 16.1. The lowest BCUT2D eigenvalue weighted by Crippen LogP contribution is -2.38. The Balaban J connectivity index is 1.77. The average molecular weight is 656 g/mol. The fraction of sp³-hybridized carbons (Fsp3) is 0.323. The van der Waals surface area contributed by atoms with Gasteiger partial charge in [0.15, 0.2) is 0 Å². The van der Waals surface area contributed by atoms with Crippen LogP contribution in [0.4, 0.5) is 17.1 Å². The smallest absolute Gasteiger partial charge is 0.303 e. The van der Waals surface area contributed by atoms with E-state index in [1.807, 2.05) is 68.4 Å². The number of carboxylic acid groups (broad SMARTS) is 1. The fourth-order valence-electron chi connectivity index (χ4n) is 4.86. The van der Waals surface area contributed by atoms with Crippen LogP contribution >= 0.6 is 15.9 Å². The molecule has 1 aliphatic rings. The van der Waals surface area contributed by atoms with Gasteiger partial charge < -0.3 is 15.3 Å². The lowest BCUT2D eigenvalue weighted by atomic mass is 9.89. The van der Waals surface area contributed by atoms with Gasteiger partial charge in [0, 0.05) is 29.7 Å². The zero-order valence-corrected chi connectivity index (χ0v) is 26.3. The second-order valence-electron chi connectivity index (χ2n) is 10.5. The molecule has 0 radical (unpaired) electrons. The third-order valence-electron chi connectivity index (χ3n) is 6.91. The van der Waals surface area contributed by atoms with Crippen molar-refractivity contribution in [1.82, 2.24) is 4.90 Å². The molecule has 1 heterocycles. The van der Waals surface area contributed by atoms with E-state index in [1.54, 1.807) is 24.3 Å². The number of nitrogens with zero attached hydrogens (tertiary/aromatic N) is 3. The summed E-state index contributed by atoms with van der Waals surface area (Å²) in [6.45, 7) is 2.73. The molecule has 1 atom stereocenters. The number of benzene rings is 3. The number of aliphatic carboxylic acids is 1. The molecule has 0 aliphatic carbocycles. The van der Waals surface area contributed by atoms with Crippen LogP contribution in [0.3, 0.4) is 0 Å². The van der Waals surface area contributed by atoms with Crippen molar-refractivity contribution in [3.05, 3.63) is 87.9 Å². The summed E-state index contributed by atoms with van der Waals surface area (Å²) in [6, 6.07) is 20.0. The zero-order chi connectivity index (χ0) is 30.4.